The number of carbonyl (C=O) groups excluding carboxylic acids is 2. The van der Waals surface area contributed by atoms with E-state index in [1.165, 1.54) is 29.3 Å². The Hall–Kier alpha value is -3.52. The van der Waals surface area contributed by atoms with Crippen molar-refractivity contribution in [1.29, 1.82) is 0 Å². The van der Waals surface area contributed by atoms with Crippen molar-refractivity contribution in [1.82, 2.24) is 9.55 Å². The van der Waals surface area contributed by atoms with Crippen LogP contribution in [0.15, 0.2) is 63.3 Å². The molecule has 0 aliphatic carbocycles. The maximum absolute atomic E-state index is 13.9. The molecule has 32 heavy (non-hydrogen) atoms. The number of methoxy groups -OCH3 is 1. The molecule has 164 valence electrons. The Balaban J connectivity index is 1.99. The van der Waals surface area contributed by atoms with Gasteiger partial charge in [-0.1, -0.05) is 44.2 Å². The van der Waals surface area contributed by atoms with E-state index in [4.69, 9.17) is 14.1 Å². The molecule has 0 aliphatic heterocycles. The summed E-state index contributed by atoms with van der Waals surface area (Å²) >= 11 is 1.34. The number of furan rings is 1. The molecule has 4 aromatic rings. The van der Waals surface area contributed by atoms with Crippen LogP contribution in [0.2, 0.25) is 0 Å². The normalized spacial score (nSPS) is 12.2. The van der Waals surface area contributed by atoms with E-state index in [0.29, 0.717) is 32.9 Å². The van der Waals surface area contributed by atoms with Crippen molar-refractivity contribution in [2.24, 2.45) is 0 Å². The van der Waals surface area contributed by atoms with Crippen LogP contribution in [0.5, 0.6) is 0 Å². The van der Waals surface area contributed by atoms with E-state index in [1.54, 1.807) is 42.5 Å². The van der Waals surface area contributed by atoms with Crippen molar-refractivity contribution in [3.8, 4) is 11.3 Å². The Morgan fingerprint density at radius 1 is 1.16 bits per heavy atom. The molecule has 1 aromatic carbocycles. The minimum Gasteiger partial charge on any atom is -0.469 e. The number of hydrogen-bond acceptors (Lipinski definition) is 7. The molecule has 0 fully saturated rings. The first kappa shape index (κ1) is 21.7. The number of Topliss-reactive ketones (excluding diaryl/α,β-unsaturated/α-hetero) is 1. The van der Waals surface area contributed by atoms with Crippen LogP contribution in [0, 0.1) is 0 Å². The van der Waals surface area contributed by atoms with E-state index in [0.717, 1.165) is 0 Å². The summed E-state index contributed by atoms with van der Waals surface area (Å²) in [5, 5.41) is 2.19. The molecule has 0 amide bonds. The Labute approximate surface area is 188 Å². The molecule has 3 aromatic heterocycles. The average molecular weight is 451 g/mol. The number of esters is 1. The average Bonchev–Trinajstić information content (AvgIpc) is 3.47. The van der Waals surface area contributed by atoms with Gasteiger partial charge in [-0.05, 0) is 12.1 Å². The highest BCUT2D eigenvalue weighted by atomic mass is 32.1. The molecule has 0 bridgehead atoms. The molecular formula is C24H22N2O5S. The van der Waals surface area contributed by atoms with Crippen LogP contribution in [0.4, 0.5) is 0 Å². The van der Waals surface area contributed by atoms with Gasteiger partial charge < -0.3 is 9.15 Å². The molecule has 7 nitrogen and oxygen atoms in total. The lowest BCUT2D eigenvalue weighted by molar-refractivity contribution is -0.141. The van der Waals surface area contributed by atoms with Gasteiger partial charge in [0.1, 0.15) is 22.5 Å². The van der Waals surface area contributed by atoms with Crippen molar-refractivity contribution < 1.29 is 18.7 Å². The molecule has 0 saturated carbocycles. The fraction of sp³-hybridized carbons (Fsp3) is 0.250. The summed E-state index contributed by atoms with van der Waals surface area (Å²) < 4.78 is 11.7. The van der Waals surface area contributed by atoms with Crippen molar-refractivity contribution in [2.45, 2.75) is 32.2 Å². The fourth-order valence-electron chi connectivity index (χ4n) is 3.68. The number of hydrogen-bond donors (Lipinski definition) is 0. The zero-order valence-electron chi connectivity index (χ0n) is 17.9. The van der Waals surface area contributed by atoms with Gasteiger partial charge in [0.25, 0.3) is 5.56 Å². The first-order valence-corrected chi connectivity index (χ1v) is 11.0. The van der Waals surface area contributed by atoms with Gasteiger partial charge in [-0.3, -0.25) is 19.0 Å². The Morgan fingerprint density at radius 2 is 1.91 bits per heavy atom. The molecule has 4 rings (SSSR count). The number of ether oxygens (including phenoxy) is 1. The van der Waals surface area contributed by atoms with Crippen LogP contribution in [0.1, 0.15) is 48.4 Å². The number of ketones is 1. The highest BCUT2D eigenvalue weighted by Gasteiger charge is 2.31. The van der Waals surface area contributed by atoms with E-state index < -0.39 is 12.0 Å². The molecule has 0 saturated heterocycles. The summed E-state index contributed by atoms with van der Waals surface area (Å²) in [6.45, 7) is 3.79. The van der Waals surface area contributed by atoms with E-state index in [2.05, 4.69) is 0 Å². The third kappa shape index (κ3) is 3.89. The number of aromatic nitrogens is 2. The number of rotatable bonds is 7. The van der Waals surface area contributed by atoms with Gasteiger partial charge in [0.05, 0.1) is 25.2 Å². The lowest BCUT2D eigenvalue weighted by Gasteiger charge is -2.23. The first-order chi connectivity index (χ1) is 15.4. The van der Waals surface area contributed by atoms with E-state index >= 15 is 0 Å². The summed E-state index contributed by atoms with van der Waals surface area (Å²) in [7, 11) is 1.26. The predicted octanol–water partition coefficient (Wildman–Crippen LogP) is 4.83. The number of carbonyl (C=O) groups is 2. The predicted molar refractivity (Wildman–Crippen MR) is 122 cm³/mol. The molecule has 1 unspecified atom stereocenters. The lowest BCUT2D eigenvalue weighted by atomic mass is 10.00. The van der Waals surface area contributed by atoms with Gasteiger partial charge in [0.2, 0.25) is 0 Å². The van der Waals surface area contributed by atoms with E-state index in [1.807, 2.05) is 19.2 Å². The summed E-state index contributed by atoms with van der Waals surface area (Å²) in [6, 6.07) is 11.0. The van der Waals surface area contributed by atoms with Gasteiger partial charge >= 0.3 is 5.97 Å². The molecular weight excluding hydrogens is 428 g/mol. The molecule has 0 aliphatic rings. The van der Waals surface area contributed by atoms with Crippen molar-refractivity contribution >= 4 is 33.3 Å². The van der Waals surface area contributed by atoms with Crippen LogP contribution >= 0.6 is 11.3 Å². The van der Waals surface area contributed by atoms with Crippen LogP contribution in [0.3, 0.4) is 0 Å². The van der Waals surface area contributed by atoms with Crippen LogP contribution in [0.25, 0.3) is 21.5 Å². The fourth-order valence-corrected chi connectivity index (χ4v) is 4.60. The summed E-state index contributed by atoms with van der Waals surface area (Å²) in [5.41, 5.74) is 0.629. The molecule has 0 radical (unpaired) electrons. The van der Waals surface area contributed by atoms with E-state index in [-0.39, 0.29) is 23.7 Å². The minimum atomic E-state index is -1.09. The second-order valence-electron chi connectivity index (χ2n) is 7.63. The van der Waals surface area contributed by atoms with E-state index in [9.17, 15) is 14.4 Å². The summed E-state index contributed by atoms with van der Waals surface area (Å²) in [4.78, 5) is 44.9. The quantitative estimate of drug-likeness (QED) is 0.296. The van der Waals surface area contributed by atoms with Gasteiger partial charge in [-0.15, -0.1) is 11.3 Å². The first-order valence-electron chi connectivity index (χ1n) is 10.2. The van der Waals surface area contributed by atoms with Crippen molar-refractivity contribution in [3.63, 3.8) is 0 Å². The van der Waals surface area contributed by atoms with Crippen molar-refractivity contribution in [2.75, 3.05) is 7.11 Å². The third-order valence-electron chi connectivity index (χ3n) is 5.23. The molecule has 0 spiro atoms. The lowest BCUT2D eigenvalue weighted by Crippen LogP contribution is -2.35. The zero-order valence-corrected chi connectivity index (χ0v) is 18.7. The van der Waals surface area contributed by atoms with Gasteiger partial charge in [0.15, 0.2) is 5.78 Å². The van der Waals surface area contributed by atoms with Gasteiger partial charge in [-0.2, -0.15) is 0 Å². The molecule has 0 N–H and O–H groups in total. The third-order valence-corrected chi connectivity index (χ3v) is 6.10. The topological polar surface area (TPSA) is 91.4 Å². The largest absolute Gasteiger partial charge is 0.469 e. The van der Waals surface area contributed by atoms with Gasteiger partial charge in [-0.25, -0.2) is 4.98 Å². The number of thiophene rings is 1. The smallest absolute Gasteiger partial charge is 0.308 e. The number of benzene rings is 1. The van der Waals surface area contributed by atoms with Crippen molar-refractivity contribution in [3.05, 3.63) is 75.8 Å². The van der Waals surface area contributed by atoms with Gasteiger partial charge in [0, 0.05) is 22.4 Å². The monoisotopic (exact) mass is 450 g/mol. The SMILES string of the molecule is COC(=O)CC(C(=O)c1ccccc1)n1c(C(C)C)nc2scc(-c3ccco3)c2c1=O. The second kappa shape index (κ2) is 8.92. The maximum atomic E-state index is 13.9. The van der Waals surface area contributed by atoms with Crippen LogP contribution < -0.4 is 5.56 Å². The highest BCUT2D eigenvalue weighted by molar-refractivity contribution is 7.17. The zero-order chi connectivity index (χ0) is 22.8. The maximum Gasteiger partial charge on any atom is 0.308 e. The Morgan fingerprint density at radius 3 is 2.53 bits per heavy atom. The Kier molecular flexibility index (Phi) is 6.05. The standard InChI is InChI=1S/C24H22N2O5S/c1-14(2)22-25-23-20(16(13-32-23)18-10-7-11-31-18)24(29)26(22)17(12-19(27)30-3)21(28)15-8-5-4-6-9-15/h4-11,13-14,17H,12H2,1-3H3. The summed E-state index contributed by atoms with van der Waals surface area (Å²) in [5.74, 6) is -0.120. The number of fused-ring (bicyclic) bond motifs is 1. The minimum absolute atomic E-state index is 0.162. The molecule has 3 heterocycles. The molecule has 8 heteroatoms. The summed E-state index contributed by atoms with van der Waals surface area (Å²) in [6.07, 6.45) is 1.25. The number of nitrogens with zero attached hydrogens (tertiary/aromatic N) is 2. The molecule has 1 atom stereocenters. The van der Waals surface area contributed by atoms with Crippen LogP contribution in [-0.2, 0) is 9.53 Å². The second-order valence-corrected chi connectivity index (χ2v) is 8.49. The Bertz CT molecular complexity index is 1320. The highest BCUT2D eigenvalue weighted by Crippen LogP contribution is 2.33. The van der Waals surface area contributed by atoms with Crippen LogP contribution in [-0.4, -0.2) is 28.4 Å².